The summed E-state index contributed by atoms with van der Waals surface area (Å²) in [6.07, 6.45) is 3.44. The Balaban J connectivity index is 1.87. The lowest BCUT2D eigenvalue weighted by Gasteiger charge is -2.35. The molecule has 1 aromatic carbocycles. The van der Waals surface area contributed by atoms with Gasteiger partial charge in [-0.05, 0) is 37.4 Å². The van der Waals surface area contributed by atoms with Crippen LogP contribution in [0.2, 0.25) is 5.02 Å². The van der Waals surface area contributed by atoms with Crippen LogP contribution in [0.25, 0.3) is 0 Å². The van der Waals surface area contributed by atoms with Crippen LogP contribution in [0.15, 0.2) is 18.2 Å². The van der Waals surface area contributed by atoms with Crippen molar-refractivity contribution in [3.05, 3.63) is 34.6 Å². The zero-order valence-corrected chi connectivity index (χ0v) is 14.9. The molecule has 1 aromatic rings. The number of benzene rings is 1. The molecule has 1 aliphatic rings. The third-order valence-corrected chi connectivity index (χ3v) is 5.31. The number of carbonyl (C=O) groups is 1. The number of carbonyl (C=O) groups excluding carboxylic acids is 1. The van der Waals surface area contributed by atoms with Crippen LogP contribution in [0.3, 0.4) is 0 Å². The Morgan fingerprint density at radius 1 is 1.39 bits per heavy atom. The summed E-state index contributed by atoms with van der Waals surface area (Å²) in [5, 5.41) is 3.53. The molecule has 1 saturated carbocycles. The van der Waals surface area contributed by atoms with Gasteiger partial charge in [-0.2, -0.15) is 0 Å². The molecule has 0 bridgehead atoms. The van der Waals surface area contributed by atoms with Crippen LogP contribution in [0.5, 0.6) is 0 Å². The molecule has 1 amide bonds. The number of hydrogen-bond donors (Lipinski definition) is 1. The van der Waals surface area contributed by atoms with Crippen molar-refractivity contribution >= 4 is 17.5 Å². The maximum atomic E-state index is 13.8. The molecule has 3 nitrogen and oxygen atoms in total. The van der Waals surface area contributed by atoms with Crippen molar-refractivity contribution in [1.29, 1.82) is 0 Å². The Kier molecular flexibility index (Phi) is 6.42. The van der Waals surface area contributed by atoms with E-state index >= 15 is 0 Å². The molecular weight excluding hydrogens is 315 g/mol. The van der Waals surface area contributed by atoms with Gasteiger partial charge in [0.05, 0.1) is 6.54 Å². The number of nitrogens with one attached hydrogen (secondary N) is 1. The van der Waals surface area contributed by atoms with E-state index in [1.54, 1.807) is 24.1 Å². The van der Waals surface area contributed by atoms with Crippen molar-refractivity contribution in [2.45, 2.75) is 45.7 Å². The van der Waals surface area contributed by atoms with Crippen molar-refractivity contribution in [3.8, 4) is 0 Å². The quantitative estimate of drug-likeness (QED) is 0.883. The summed E-state index contributed by atoms with van der Waals surface area (Å²) in [6, 6.07) is 4.88. The predicted molar refractivity (Wildman–Crippen MR) is 91.9 cm³/mol. The van der Waals surface area contributed by atoms with Crippen molar-refractivity contribution in [1.82, 2.24) is 10.2 Å². The topological polar surface area (TPSA) is 32.3 Å². The fraction of sp³-hybridized carbons (Fsp3) is 0.611. The van der Waals surface area contributed by atoms with Crippen LogP contribution >= 0.6 is 11.6 Å². The van der Waals surface area contributed by atoms with E-state index in [0.717, 1.165) is 12.8 Å². The minimum Gasteiger partial charge on any atom is -0.352 e. The molecule has 3 atom stereocenters. The molecule has 0 unspecified atom stereocenters. The Labute approximate surface area is 143 Å². The molecule has 128 valence electrons. The fourth-order valence-corrected chi connectivity index (χ4v) is 3.52. The average molecular weight is 341 g/mol. The summed E-state index contributed by atoms with van der Waals surface area (Å²) in [7, 11) is 1.80. The second-order valence-corrected chi connectivity index (χ2v) is 7.22. The highest BCUT2D eigenvalue weighted by Crippen LogP contribution is 2.29. The van der Waals surface area contributed by atoms with Crippen molar-refractivity contribution in [2.75, 3.05) is 13.6 Å². The predicted octanol–water partition coefficient (Wildman–Crippen LogP) is 3.85. The molecule has 0 heterocycles. The van der Waals surface area contributed by atoms with E-state index in [4.69, 9.17) is 11.6 Å². The van der Waals surface area contributed by atoms with Crippen molar-refractivity contribution < 1.29 is 9.18 Å². The lowest BCUT2D eigenvalue weighted by atomic mass is 9.78. The van der Waals surface area contributed by atoms with Gasteiger partial charge in [-0.3, -0.25) is 9.69 Å². The molecule has 1 aliphatic carbocycles. The fourth-order valence-electron chi connectivity index (χ4n) is 3.29. The SMILES string of the molecule is C[C@H]1[C@@H](NC(=O)CN(C)Cc2c(F)cccc2Cl)CCC[C@@H]1C. The Hall–Kier alpha value is -1.13. The average Bonchev–Trinajstić information content (AvgIpc) is 2.48. The molecule has 0 aliphatic heterocycles. The van der Waals surface area contributed by atoms with E-state index < -0.39 is 0 Å². The van der Waals surface area contributed by atoms with Gasteiger partial charge in [0.1, 0.15) is 5.82 Å². The third kappa shape index (κ3) is 4.92. The number of halogens is 2. The van der Waals surface area contributed by atoms with Gasteiger partial charge in [0.25, 0.3) is 0 Å². The maximum absolute atomic E-state index is 13.8. The number of hydrogen-bond acceptors (Lipinski definition) is 2. The molecule has 0 spiro atoms. The summed E-state index contributed by atoms with van der Waals surface area (Å²) >= 11 is 6.03. The normalized spacial score (nSPS) is 24.7. The van der Waals surface area contributed by atoms with Crippen LogP contribution in [-0.2, 0) is 11.3 Å². The standard InChI is InChI=1S/C18H26ClFN2O/c1-12-6-4-9-17(13(12)2)21-18(23)11-22(3)10-14-15(19)7-5-8-16(14)20/h5,7-8,12-13,17H,4,6,9-11H2,1-3H3,(H,21,23)/t12-,13+,17-/m0/s1. The van der Waals surface area contributed by atoms with E-state index in [1.165, 1.54) is 12.5 Å². The van der Waals surface area contributed by atoms with Crippen molar-refractivity contribution in [2.24, 2.45) is 11.8 Å². The molecular formula is C18H26ClFN2O. The first-order valence-electron chi connectivity index (χ1n) is 8.29. The summed E-state index contributed by atoms with van der Waals surface area (Å²) in [4.78, 5) is 14.0. The molecule has 23 heavy (non-hydrogen) atoms. The molecule has 0 aromatic heterocycles. The third-order valence-electron chi connectivity index (χ3n) is 4.96. The van der Waals surface area contributed by atoms with Gasteiger partial charge >= 0.3 is 0 Å². The van der Waals surface area contributed by atoms with E-state index in [1.807, 2.05) is 0 Å². The molecule has 2 rings (SSSR count). The van der Waals surface area contributed by atoms with E-state index in [0.29, 0.717) is 29.0 Å². The van der Waals surface area contributed by atoms with Gasteiger partial charge in [0.2, 0.25) is 5.91 Å². The van der Waals surface area contributed by atoms with Gasteiger partial charge in [0.15, 0.2) is 0 Å². The lowest BCUT2D eigenvalue weighted by Crippen LogP contribution is -2.46. The van der Waals surface area contributed by atoms with Crippen LogP contribution < -0.4 is 5.32 Å². The largest absolute Gasteiger partial charge is 0.352 e. The number of amides is 1. The van der Waals surface area contributed by atoms with Gasteiger partial charge in [-0.1, -0.05) is 44.4 Å². The highest BCUT2D eigenvalue weighted by molar-refractivity contribution is 6.31. The van der Waals surface area contributed by atoms with E-state index in [-0.39, 0.29) is 24.3 Å². The Bertz CT molecular complexity index is 532. The molecule has 5 heteroatoms. The van der Waals surface area contributed by atoms with Crippen LogP contribution in [0.1, 0.15) is 38.7 Å². The number of likely N-dealkylation sites (N-methyl/N-ethyl adjacent to an activating group) is 1. The first-order valence-corrected chi connectivity index (χ1v) is 8.67. The van der Waals surface area contributed by atoms with Gasteiger partial charge in [-0.25, -0.2) is 4.39 Å². The van der Waals surface area contributed by atoms with Gasteiger partial charge in [0, 0.05) is 23.2 Å². The summed E-state index contributed by atoms with van der Waals surface area (Å²) in [6.45, 7) is 5.00. The summed E-state index contributed by atoms with van der Waals surface area (Å²) in [5.41, 5.74) is 0.434. The second-order valence-electron chi connectivity index (χ2n) is 6.81. The number of rotatable bonds is 5. The van der Waals surface area contributed by atoms with Gasteiger partial charge < -0.3 is 5.32 Å². The van der Waals surface area contributed by atoms with Crippen molar-refractivity contribution in [3.63, 3.8) is 0 Å². The Morgan fingerprint density at radius 3 is 2.83 bits per heavy atom. The first kappa shape index (κ1) is 18.2. The minimum atomic E-state index is -0.334. The zero-order valence-electron chi connectivity index (χ0n) is 14.1. The summed E-state index contributed by atoms with van der Waals surface area (Å²) < 4.78 is 13.8. The molecule has 1 N–H and O–H groups in total. The summed E-state index contributed by atoms with van der Waals surface area (Å²) in [5.74, 6) is 0.799. The lowest BCUT2D eigenvalue weighted by molar-refractivity contribution is -0.123. The van der Waals surface area contributed by atoms with Crippen LogP contribution in [0, 0.1) is 17.7 Å². The maximum Gasteiger partial charge on any atom is 0.234 e. The van der Waals surface area contributed by atoms with E-state index in [2.05, 4.69) is 19.2 Å². The first-order chi connectivity index (χ1) is 10.9. The monoisotopic (exact) mass is 340 g/mol. The smallest absolute Gasteiger partial charge is 0.234 e. The van der Waals surface area contributed by atoms with Crippen LogP contribution in [0.4, 0.5) is 4.39 Å². The second kappa shape index (κ2) is 8.11. The Morgan fingerprint density at radius 2 is 2.13 bits per heavy atom. The van der Waals surface area contributed by atoms with Gasteiger partial charge in [-0.15, -0.1) is 0 Å². The molecule has 0 saturated heterocycles. The highest BCUT2D eigenvalue weighted by Gasteiger charge is 2.28. The molecule has 1 fully saturated rings. The van der Waals surface area contributed by atoms with Crippen LogP contribution in [-0.4, -0.2) is 30.4 Å². The molecule has 0 radical (unpaired) electrons. The number of nitrogens with zero attached hydrogens (tertiary/aromatic N) is 1. The highest BCUT2D eigenvalue weighted by atomic mass is 35.5. The van der Waals surface area contributed by atoms with E-state index in [9.17, 15) is 9.18 Å². The minimum absolute atomic E-state index is 0.00842. The zero-order chi connectivity index (χ0) is 17.0.